The molecule has 5 nitrogen and oxygen atoms in total. The van der Waals surface area contributed by atoms with Crippen LogP contribution < -0.4 is 9.47 Å². The minimum absolute atomic E-state index is 0.387. The fourth-order valence-corrected chi connectivity index (χ4v) is 1.17. The maximum Gasteiger partial charge on any atom is 0.346 e. The average Bonchev–Trinajstić information content (AvgIpc) is 2.30. The fraction of sp³-hybridized carbons (Fsp3) is 0.333. The molecule has 0 N–H and O–H groups in total. The highest BCUT2D eigenvalue weighted by molar-refractivity contribution is 5.74. The number of hydrogen-bond acceptors (Lipinski definition) is 5. The van der Waals surface area contributed by atoms with E-state index in [1.165, 1.54) is 14.0 Å². The SMILES string of the molecule is COC(=O)[C@H](C)Oc1ccc(OC(C)=O)cc1. The molecule has 0 saturated heterocycles. The van der Waals surface area contributed by atoms with Crippen LogP contribution in [0, 0.1) is 0 Å². The predicted octanol–water partition coefficient (Wildman–Crippen LogP) is 1.55. The van der Waals surface area contributed by atoms with E-state index in [1.807, 2.05) is 0 Å². The van der Waals surface area contributed by atoms with Gasteiger partial charge in [0.05, 0.1) is 7.11 Å². The zero-order valence-electron chi connectivity index (χ0n) is 9.93. The van der Waals surface area contributed by atoms with E-state index in [0.717, 1.165) is 0 Å². The molecule has 1 atom stereocenters. The predicted molar refractivity (Wildman–Crippen MR) is 59.9 cm³/mol. The first-order valence-electron chi connectivity index (χ1n) is 5.06. The summed E-state index contributed by atoms with van der Waals surface area (Å²) in [4.78, 5) is 21.8. The molecule has 0 radical (unpaired) electrons. The summed E-state index contributed by atoms with van der Waals surface area (Å²) in [6, 6.07) is 6.39. The maximum atomic E-state index is 11.1. The molecule has 0 spiro atoms. The third-order valence-electron chi connectivity index (χ3n) is 1.93. The van der Waals surface area contributed by atoms with Gasteiger partial charge in [-0.3, -0.25) is 4.79 Å². The summed E-state index contributed by atoms with van der Waals surface area (Å²) in [5.41, 5.74) is 0. The van der Waals surface area contributed by atoms with Crippen molar-refractivity contribution < 1.29 is 23.8 Å². The summed E-state index contributed by atoms with van der Waals surface area (Å²) < 4.78 is 14.7. The summed E-state index contributed by atoms with van der Waals surface area (Å²) >= 11 is 0. The van der Waals surface area contributed by atoms with Gasteiger partial charge >= 0.3 is 11.9 Å². The molecule has 0 aromatic heterocycles. The Bertz CT molecular complexity index is 396. The molecule has 1 rings (SSSR count). The minimum Gasteiger partial charge on any atom is -0.479 e. The molecule has 92 valence electrons. The van der Waals surface area contributed by atoms with Crippen LogP contribution in [0.4, 0.5) is 0 Å². The number of carbonyl (C=O) groups excluding carboxylic acids is 2. The Labute approximate surface area is 99.3 Å². The molecule has 0 aliphatic heterocycles. The third kappa shape index (κ3) is 4.14. The van der Waals surface area contributed by atoms with Crippen molar-refractivity contribution in [1.82, 2.24) is 0 Å². The standard InChI is InChI=1S/C12H14O5/c1-8(12(14)15-3)16-10-4-6-11(7-5-10)17-9(2)13/h4-8H,1-3H3/t8-/m0/s1. The monoisotopic (exact) mass is 238 g/mol. The lowest BCUT2D eigenvalue weighted by molar-refractivity contribution is -0.147. The first kappa shape index (κ1) is 13.0. The van der Waals surface area contributed by atoms with Gasteiger partial charge in [0.15, 0.2) is 6.10 Å². The van der Waals surface area contributed by atoms with E-state index in [1.54, 1.807) is 31.2 Å². The summed E-state index contributed by atoms with van der Waals surface area (Å²) in [5.74, 6) is 0.0880. The number of carbonyl (C=O) groups is 2. The zero-order chi connectivity index (χ0) is 12.8. The first-order valence-corrected chi connectivity index (χ1v) is 5.06. The normalized spacial score (nSPS) is 11.5. The van der Waals surface area contributed by atoms with Gasteiger partial charge in [-0.15, -0.1) is 0 Å². The van der Waals surface area contributed by atoms with Gasteiger partial charge in [-0.25, -0.2) is 4.79 Å². The van der Waals surface area contributed by atoms with Crippen molar-refractivity contribution in [1.29, 1.82) is 0 Å². The van der Waals surface area contributed by atoms with Gasteiger partial charge in [0.25, 0.3) is 0 Å². The van der Waals surface area contributed by atoms with E-state index in [2.05, 4.69) is 4.74 Å². The van der Waals surface area contributed by atoms with Crippen molar-refractivity contribution in [2.24, 2.45) is 0 Å². The number of benzene rings is 1. The topological polar surface area (TPSA) is 61.8 Å². The second-order valence-electron chi connectivity index (χ2n) is 3.35. The van der Waals surface area contributed by atoms with Gasteiger partial charge in [-0.2, -0.15) is 0 Å². The van der Waals surface area contributed by atoms with Crippen LogP contribution in [0.5, 0.6) is 11.5 Å². The van der Waals surface area contributed by atoms with Crippen molar-refractivity contribution in [3.05, 3.63) is 24.3 Å². The average molecular weight is 238 g/mol. The van der Waals surface area contributed by atoms with Gasteiger partial charge in [0, 0.05) is 6.92 Å². The summed E-state index contributed by atoms with van der Waals surface area (Å²) in [5, 5.41) is 0. The molecular formula is C12H14O5. The molecule has 1 aromatic carbocycles. The highest BCUT2D eigenvalue weighted by Crippen LogP contribution is 2.18. The highest BCUT2D eigenvalue weighted by atomic mass is 16.6. The van der Waals surface area contributed by atoms with Crippen LogP contribution in [0.2, 0.25) is 0 Å². The molecule has 1 aromatic rings. The number of esters is 2. The Balaban J connectivity index is 2.62. The number of hydrogen-bond donors (Lipinski definition) is 0. The summed E-state index contributed by atoms with van der Waals surface area (Å²) in [6.07, 6.45) is -0.681. The Kier molecular flexibility index (Phi) is 4.51. The second kappa shape index (κ2) is 5.89. The van der Waals surface area contributed by atoms with Crippen LogP contribution in [-0.4, -0.2) is 25.2 Å². The van der Waals surface area contributed by atoms with Crippen molar-refractivity contribution >= 4 is 11.9 Å². The maximum absolute atomic E-state index is 11.1. The van der Waals surface area contributed by atoms with Crippen molar-refractivity contribution in [2.45, 2.75) is 20.0 Å². The van der Waals surface area contributed by atoms with Gasteiger partial charge in [-0.05, 0) is 31.2 Å². The Morgan fingerprint density at radius 3 is 2.12 bits per heavy atom. The van der Waals surface area contributed by atoms with Crippen molar-refractivity contribution in [3.63, 3.8) is 0 Å². The van der Waals surface area contributed by atoms with Crippen LogP contribution in [0.3, 0.4) is 0 Å². The lowest BCUT2D eigenvalue weighted by Crippen LogP contribution is -2.24. The third-order valence-corrected chi connectivity index (χ3v) is 1.93. The molecule has 0 saturated carbocycles. The zero-order valence-corrected chi connectivity index (χ0v) is 9.93. The molecule has 0 amide bonds. The number of rotatable bonds is 4. The Morgan fingerprint density at radius 1 is 1.12 bits per heavy atom. The Morgan fingerprint density at radius 2 is 1.65 bits per heavy atom. The summed E-state index contributed by atoms with van der Waals surface area (Å²) in [6.45, 7) is 2.91. The van der Waals surface area contributed by atoms with E-state index < -0.39 is 12.1 Å². The molecule has 0 heterocycles. The quantitative estimate of drug-likeness (QED) is 0.588. The minimum atomic E-state index is -0.681. The largest absolute Gasteiger partial charge is 0.479 e. The molecular weight excluding hydrogens is 224 g/mol. The van der Waals surface area contributed by atoms with Crippen LogP contribution in [0.15, 0.2) is 24.3 Å². The van der Waals surface area contributed by atoms with Crippen LogP contribution in [0.25, 0.3) is 0 Å². The number of ether oxygens (including phenoxy) is 3. The fourth-order valence-electron chi connectivity index (χ4n) is 1.17. The van der Waals surface area contributed by atoms with Gasteiger partial charge in [-0.1, -0.05) is 0 Å². The van der Waals surface area contributed by atoms with Crippen molar-refractivity contribution in [3.8, 4) is 11.5 Å². The Hall–Kier alpha value is -2.04. The van der Waals surface area contributed by atoms with Crippen molar-refractivity contribution in [2.75, 3.05) is 7.11 Å². The van der Waals surface area contributed by atoms with Gasteiger partial charge in [0.1, 0.15) is 11.5 Å². The lowest BCUT2D eigenvalue weighted by atomic mass is 10.3. The molecule has 0 fully saturated rings. The van der Waals surface area contributed by atoms with E-state index in [4.69, 9.17) is 9.47 Å². The molecule has 0 bridgehead atoms. The highest BCUT2D eigenvalue weighted by Gasteiger charge is 2.14. The first-order chi connectivity index (χ1) is 8.02. The smallest absolute Gasteiger partial charge is 0.346 e. The van der Waals surface area contributed by atoms with E-state index in [9.17, 15) is 9.59 Å². The van der Waals surface area contributed by atoms with Gasteiger partial charge < -0.3 is 14.2 Å². The second-order valence-corrected chi connectivity index (χ2v) is 3.35. The molecule has 0 aliphatic carbocycles. The van der Waals surface area contributed by atoms with E-state index >= 15 is 0 Å². The molecule has 0 unspecified atom stereocenters. The van der Waals surface area contributed by atoms with Crippen LogP contribution in [0.1, 0.15) is 13.8 Å². The molecule has 17 heavy (non-hydrogen) atoms. The number of methoxy groups -OCH3 is 1. The van der Waals surface area contributed by atoms with Crippen LogP contribution >= 0.6 is 0 Å². The van der Waals surface area contributed by atoms with Crippen LogP contribution in [-0.2, 0) is 14.3 Å². The summed E-state index contributed by atoms with van der Waals surface area (Å²) in [7, 11) is 1.30. The lowest BCUT2D eigenvalue weighted by Gasteiger charge is -2.12. The molecule has 5 heteroatoms. The molecule has 0 aliphatic rings. The van der Waals surface area contributed by atoms with E-state index in [-0.39, 0.29) is 5.97 Å². The van der Waals surface area contributed by atoms with Gasteiger partial charge in [0.2, 0.25) is 0 Å². The van der Waals surface area contributed by atoms with E-state index in [0.29, 0.717) is 11.5 Å².